The van der Waals surface area contributed by atoms with Gasteiger partial charge in [-0.25, -0.2) is 0 Å². The van der Waals surface area contributed by atoms with Crippen LogP contribution in [0.15, 0.2) is 0 Å². The minimum Gasteiger partial charge on any atom is -0.316 e. The van der Waals surface area contributed by atoms with Crippen LogP contribution in [0.3, 0.4) is 0 Å². The van der Waals surface area contributed by atoms with Gasteiger partial charge in [0, 0.05) is 19.1 Å². The number of hydrogen-bond acceptors (Lipinski definition) is 2. The highest BCUT2D eigenvalue weighted by molar-refractivity contribution is 4.85. The van der Waals surface area contributed by atoms with E-state index in [0.29, 0.717) is 13.1 Å². The summed E-state index contributed by atoms with van der Waals surface area (Å²) >= 11 is 0. The van der Waals surface area contributed by atoms with E-state index < -0.39 is 12.2 Å². The van der Waals surface area contributed by atoms with Crippen LogP contribution in [0.2, 0.25) is 0 Å². The van der Waals surface area contributed by atoms with Crippen LogP contribution in [0.25, 0.3) is 0 Å². The second-order valence-corrected chi connectivity index (χ2v) is 3.49. The summed E-state index contributed by atoms with van der Waals surface area (Å²) in [6, 6.07) is -1.10. The van der Waals surface area contributed by atoms with E-state index in [9.17, 15) is 13.2 Å². The summed E-state index contributed by atoms with van der Waals surface area (Å²) in [6.07, 6.45) is -3.29. The second kappa shape index (κ2) is 3.84. The van der Waals surface area contributed by atoms with Crippen molar-refractivity contribution in [3.63, 3.8) is 0 Å². The lowest BCUT2D eigenvalue weighted by Crippen LogP contribution is -2.43. The summed E-state index contributed by atoms with van der Waals surface area (Å²) in [4.78, 5) is 1.47. The monoisotopic (exact) mass is 196 g/mol. The van der Waals surface area contributed by atoms with Crippen LogP contribution in [0.1, 0.15) is 13.3 Å². The molecular formula is C8H15F3N2. The first-order valence-corrected chi connectivity index (χ1v) is 4.43. The fraction of sp³-hybridized carbons (Fsp3) is 1.00. The maximum absolute atomic E-state index is 12.3. The predicted octanol–water partition coefficient (Wildman–Crippen LogP) is 1.23. The van der Waals surface area contributed by atoms with Crippen molar-refractivity contribution in [2.75, 3.05) is 20.1 Å². The summed E-state index contributed by atoms with van der Waals surface area (Å²) < 4.78 is 36.8. The zero-order chi connectivity index (χ0) is 10.1. The maximum Gasteiger partial charge on any atom is 0.403 e. The van der Waals surface area contributed by atoms with Crippen LogP contribution in [-0.2, 0) is 0 Å². The van der Waals surface area contributed by atoms with E-state index in [-0.39, 0.29) is 6.04 Å². The maximum atomic E-state index is 12.3. The van der Waals surface area contributed by atoms with Gasteiger partial charge in [0.25, 0.3) is 0 Å². The summed E-state index contributed by atoms with van der Waals surface area (Å²) in [5.74, 6) is 0. The van der Waals surface area contributed by atoms with E-state index in [2.05, 4.69) is 5.32 Å². The van der Waals surface area contributed by atoms with Crippen molar-refractivity contribution in [3.8, 4) is 0 Å². The van der Waals surface area contributed by atoms with Gasteiger partial charge >= 0.3 is 6.18 Å². The highest BCUT2D eigenvalue weighted by Crippen LogP contribution is 2.26. The number of nitrogens with one attached hydrogen (secondary N) is 1. The van der Waals surface area contributed by atoms with E-state index in [1.807, 2.05) is 0 Å². The molecule has 78 valence electrons. The van der Waals surface area contributed by atoms with Crippen LogP contribution < -0.4 is 5.32 Å². The van der Waals surface area contributed by atoms with E-state index in [4.69, 9.17) is 0 Å². The van der Waals surface area contributed by atoms with Crippen LogP contribution in [-0.4, -0.2) is 43.3 Å². The average Bonchev–Trinajstić information content (AvgIpc) is 2.48. The quantitative estimate of drug-likeness (QED) is 0.714. The molecule has 0 saturated carbocycles. The van der Waals surface area contributed by atoms with Crippen LogP contribution >= 0.6 is 0 Å². The lowest BCUT2D eigenvalue weighted by Gasteiger charge is -2.26. The molecule has 1 fully saturated rings. The molecule has 2 unspecified atom stereocenters. The Balaban J connectivity index is 2.46. The minimum atomic E-state index is -4.09. The number of halogens is 3. The van der Waals surface area contributed by atoms with Crippen molar-refractivity contribution in [2.24, 2.45) is 0 Å². The fourth-order valence-corrected chi connectivity index (χ4v) is 1.58. The molecule has 0 bridgehead atoms. The third-order valence-electron chi connectivity index (χ3n) is 2.65. The zero-order valence-electron chi connectivity index (χ0n) is 7.86. The first-order valence-electron chi connectivity index (χ1n) is 4.43. The molecule has 0 aromatic heterocycles. The Morgan fingerprint density at radius 1 is 1.46 bits per heavy atom. The molecule has 0 aliphatic carbocycles. The van der Waals surface area contributed by atoms with Gasteiger partial charge in [-0.15, -0.1) is 0 Å². The van der Waals surface area contributed by atoms with Gasteiger partial charge in [0.1, 0.15) is 6.04 Å². The zero-order valence-corrected chi connectivity index (χ0v) is 7.86. The number of rotatable bonds is 2. The smallest absolute Gasteiger partial charge is 0.316 e. The third kappa shape index (κ3) is 2.57. The first-order chi connectivity index (χ1) is 5.95. The van der Waals surface area contributed by atoms with Gasteiger partial charge in [-0.05, 0) is 20.4 Å². The lowest BCUT2D eigenvalue weighted by atomic mass is 10.3. The molecule has 1 heterocycles. The van der Waals surface area contributed by atoms with E-state index in [1.165, 1.54) is 11.8 Å². The molecule has 1 aliphatic rings. The fourth-order valence-electron chi connectivity index (χ4n) is 1.58. The van der Waals surface area contributed by atoms with Crippen LogP contribution in [0.4, 0.5) is 13.2 Å². The molecular weight excluding hydrogens is 181 g/mol. The van der Waals surface area contributed by atoms with Crippen LogP contribution in [0.5, 0.6) is 0 Å². The molecule has 2 nitrogen and oxygen atoms in total. The van der Waals surface area contributed by atoms with Gasteiger partial charge in [0.05, 0.1) is 0 Å². The van der Waals surface area contributed by atoms with Crippen molar-refractivity contribution in [1.29, 1.82) is 0 Å². The molecule has 2 atom stereocenters. The van der Waals surface area contributed by atoms with Gasteiger partial charge < -0.3 is 5.32 Å². The van der Waals surface area contributed by atoms with Crippen LogP contribution in [0, 0.1) is 0 Å². The average molecular weight is 196 g/mol. The second-order valence-electron chi connectivity index (χ2n) is 3.49. The Labute approximate surface area is 76.1 Å². The summed E-state index contributed by atoms with van der Waals surface area (Å²) in [7, 11) is 1.78. The topological polar surface area (TPSA) is 15.3 Å². The molecule has 1 saturated heterocycles. The highest BCUT2D eigenvalue weighted by Gasteiger charge is 2.42. The molecule has 0 amide bonds. The molecule has 0 aromatic rings. The van der Waals surface area contributed by atoms with Crippen molar-refractivity contribution in [2.45, 2.75) is 31.6 Å². The number of hydrogen-bond donors (Lipinski definition) is 1. The van der Waals surface area contributed by atoms with Crippen molar-refractivity contribution >= 4 is 0 Å². The van der Waals surface area contributed by atoms with Gasteiger partial charge in [0.2, 0.25) is 0 Å². The van der Waals surface area contributed by atoms with E-state index in [0.717, 1.165) is 6.42 Å². The summed E-state index contributed by atoms with van der Waals surface area (Å²) in [6.45, 7) is 2.25. The normalized spacial score (nSPS) is 27.9. The number of likely N-dealkylation sites (N-methyl/N-ethyl adjacent to an activating group) is 1. The van der Waals surface area contributed by atoms with E-state index >= 15 is 0 Å². The van der Waals surface area contributed by atoms with E-state index in [1.54, 1.807) is 7.05 Å². The van der Waals surface area contributed by atoms with Gasteiger partial charge in [0.15, 0.2) is 0 Å². The number of alkyl halides is 3. The van der Waals surface area contributed by atoms with Gasteiger partial charge in [-0.1, -0.05) is 0 Å². The standard InChI is InChI=1S/C8H15F3N2/c1-6(8(9,10)11)13-4-3-7(5-13)12-2/h6-7,12H,3-5H2,1-2H3. The van der Waals surface area contributed by atoms with Gasteiger partial charge in [-0.3, -0.25) is 4.90 Å². The molecule has 5 heteroatoms. The Morgan fingerprint density at radius 2 is 2.08 bits per heavy atom. The Kier molecular flexibility index (Phi) is 3.18. The summed E-state index contributed by atoms with van der Waals surface area (Å²) in [5.41, 5.74) is 0. The molecule has 1 N–H and O–H groups in total. The Bertz CT molecular complexity index is 169. The highest BCUT2D eigenvalue weighted by atomic mass is 19.4. The third-order valence-corrected chi connectivity index (χ3v) is 2.65. The Hall–Kier alpha value is -0.290. The molecule has 0 spiro atoms. The molecule has 13 heavy (non-hydrogen) atoms. The molecule has 1 rings (SSSR count). The lowest BCUT2D eigenvalue weighted by molar-refractivity contribution is -0.176. The predicted molar refractivity (Wildman–Crippen MR) is 44.6 cm³/mol. The minimum absolute atomic E-state index is 0.213. The Morgan fingerprint density at radius 3 is 2.46 bits per heavy atom. The molecule has 0 aromatic carbocycles. The molecule has 0 radical (unpaired) electrons. The van der Waals surface area contributed by atoms with Gasteiger partial charge in [-0.2, -0.15) is 13.2 Å². The van der Waals surface area contributed by atoms with Crippen molar-refractivity contribution < 1.29 is 13.2 Å². The SMILES string of the molecule is CNC1CCN(C(C)C(F)(F)F)C1. The molecule has 1 aliphatic heterocycles. The van der Waals surface area contributed by atoms with Crippen molar-refractivity contribution in [1.82, 2.24) is 10.2 Å². The largest absolute Gasteiger partial charge is 0.403 e. The number of likely N-dealkylation sites (tertiary alicyclic amines) is 1. The summed E-state index contributed by atoms with van der Waals surface area (Å²) in [5, 5.41) is 2.99. The first kappa shape index (κ1) is 10.8. The van der Waals surface area contributed by atoms with Crippen molar-refractivity contribution in [3.05, 3.63) is 0 Å². The number of nitrogens with zero attached hydrogens (tertiary/aromatic N) is 1.